The van der Waals surface area contributed by atoms with Crippen LogP contribution < -0.4 is 4.87 Å². The molecule has 4 aliphatic rings. The highest BCUT2D eigenvalue weighted by molar-refractivity contribution is 8.00. The van der Waals surface area contributed by atoms with Crippen LogP contribution in [0, 0.1) is 35.5 Å². The van der Waals surface area contributed by atoms with Gasteiger partial charge in [-0.05, 0) is 30.1 Å². The molecule has 1 aromatic rings. The van der Waals surface area contributed by atoms with Gasteiger partial charge in [-0.3, -0.25) is 19.3 Å². The molecule has 0 aromatic carbocycles. The number of thiazole rings is 1. The van der Waals surface area contributed by atoms with Crippen LogP contribution in [0.25, 0.3) is 0 Å². The number of aromatic amines is 1. The summed E-state index contributed by atoms with van der Waals surface area (Å²) in [5.74, 6) is -2.66. The fourth-order valence-electron chi connectivity index (χ4n) is 6.64. The first-order valence-electron chi connectivity index (χ1n) is 10.1. The molecule has 0 unspecified atom stereocenters. The van der Waals surface area contributed by atoms with Crippen molar-refractivity contribution in [3.8, 4) is 0 Å². The minimum absolute atomic E-state index is 0.0406. The smallest absolute Gasteiger partial charge is 0.327 e. The standard InChI is InChI=1S/C20H24N2O5S2/c1-6(2)12(18(25)26)22-16(23)9-7-5-8(10(9)17(22)24)13-11(7)20(3,4)14-15(28-13)21-19(27)29-14/h6-13H,5H2,1-4H3,(H,21,27)(H,25,26)/t7-,8-,9-,10-,11+,12+,13+/m0/s1. The normalized spacial score (nSPS) is 37.6. The predicted octanol–water partition coefficient (Wildman–Crippen LogP) is 2.16. The molecule has 3 heterocycles. The summed E-state index contributed by atoms with van der Waals surface area (Å²) >= 11 is 2.89. The van der Waals surface area contributed by atoms with Crippen molar-refractivity contribution >= 4 is 40.9 Å². The van der Waals surface area contributed by atoms with Crippen molar-refractivity contribution in [2.45, 2.75) is 55.8 Å². The second kappa shape index (κ2) is 5.97. The van der Waals surface area contributed by atoms with Gasteiger partial charge in [0.15, 0.2) is 0 Å². The second-order valence-electron chi connectivity index (χ2n) is 9.69. The van der Waals surface area contributed by atoms with Crippen LogP contribution in [-0.2, 0) is 19.8 Å². The van der Waals surface area contributed by atoms with Crippen LogP contribution >= 0.6 is 23.1 Å². The number of hydrogen-bond acceptors (Lipinski definition) is 6. The number of rotatable bonds is 3. The second-order valence-corrected chi connectivity index (χ2v) is 11.9. The lowest BCUT2D eigenvalue weighted by atomic mass is 9.64. The predicted molar refractivity (Wildman–Crippen MR) is 108 cm³/mol. The van der Waals surface area contributed by atoms with Crippen molar-refractivity contribution in [3.63, 3.8) is 0 Å². The van der Waals surface area contributed by atoms with E-state index >= 15 is 0 Å². The SMILES string of the molecule is CC(C)[C@H](C(=O)O)N1C(=O)[C@H]2[C@@H]3C[C@@H]([C@@H]2C1=O)[C@@H]1[C@@H]3Sc2[nH]c(=O)sc2C1(C)C. The molecule has 29 heavy (non-hydrogen) atoms. The number of hydrogen-bond donors (Lipinski definition) is 2. The van der Waals surface area contributed by atoms with Crippen LogP contribution in [0.3, 0.4) is 0 Å². The molecule has 1 aromatic heterocycles. The van der Waals surface area contributed by atoms with Crippen LogP contribution in [0.1, 0.15) is 39.0 Å². The number of carboxylic acids is 1. The Labute approximate surface area is 176 Å². The fourth-order valence-corrected chi connectivity index (χ4v) is 9.80. The first-order chi connectivity index (χ1) is 13.6. The minimum atomic E-state index is -1.12. The maximum atomic E-state index is 13.4. The number of H-pyrrole nitrogens is 1. The van der Waals surface area contributed by atoms with E-state index in [1.165, 1.54) is 11.3 Å². The zero-order valence-electron chi connectivity index (χ0n) is 16.7. The molecule has 2 aliphatic heterocycles. The van der Waals surface area contributed by atoms with Gasteiger partial charge in [0.2, 0.25) is 11.8 Å². The van der Waals surface area contributed by atoms with Gasteiger partial charge in [0.1, 0.15) is 6.04 Å². The number of nitrogens with zero attached hydrogens (tertiary/aromatic N) is 1. The van der Waals surface area contributed by atoms with Crippen LogP contribution in [-0.4, -0.2) is 44.1 Å². The summed E-state index contributed by atoms with van der Waals surface area (Å²) in [5.41, 5.74) is -0.263. The average molecular weight is 437 g/mol. The molecule has 2 N–H and O–H groups in total. The summed E-state index contributed by atoms with van der Waals surface area (Å²) in [5, 5.41) is 10.7. The van der Waals surface area contributed by atoms with Gasteiger partial charge in [-0.25, -0.2) is 4.79 Å². The highest BCUT2D eigenvalue weighted by Crippen LogP contribution is 2.69. The third kappa shape index (κ3) is 2.31. The molecule has 5 rings (SSSR count). The Balaban J connectivity index is 1.56. The molecule has 9 heteroatoms. The van der Waals surface area contributed by atoms with Crippen molar-refractivity contribution in [2.24, 2.45) is 35.5 Å². The van der Waals surface area contributed by atoms with Crippen molar-refractivity contribution in [1.29, 1.82) is 0 Å². The lowest BCUT2D eigenvalue weighted by Gasteiger charge is -2.47. The Morgan fingerprint density at radius 2 is 1.79 bits per heavy atom. The Bertz CT molecular complexity index is 995. The van der Waals surface area contributed by atoms with Gasteiger partial charge in [-0.15, -0.1) is 11.8 Å². The number of likely N-dealkylation sites (tertiary alicyclic amines) is 1. The van der Waals surface area contributed by atoms with E-state index in [2.05, 4.69) is 18.8 Å². The van der Waals surface area contributed by atoms with E-state index in [1.54, 1.807) is 25.6 Å². The van der Waals surface area contributed by atoms with Crippen molar-refractivity contribution in [2.75, 3.05) is 0 Å². The molecule has 1 saturated heterocycles. The maximum Gasteiger partial charge on any atom is 0.327 e. The number of imide groups is 1. The molecular weight excluding hydrogens is 412 g/mol. The number of carboxylic acid groups (broad SMARTS) is 1. The van der Waals surface area contributed by atoms with E-state index < -0.39 is 23.8 Å². The Hall–Kier alpha value is -1.61. The Kier molecular flexibility index (Phi) is 3.98. The van der Waals surface area contributed by atoms with E-state index in [9.17, 15) is 24.3 Å². The molecule has 7 nitrogen and oxygen atoms in total. The van der Waals surface area contributed by atoms with Gasteiger partial charge < -0.3 is 10.1 Å². The number of thioether (sulfide) groups is 1. The highest BCUT2D eigenvalue weighted by atomic mass is 32.2. The molecule has 0 radical (unpaired) electrons. The van der Waals surface area contributed by atoms with Gasteiger partial charge in [0.25, 0.3) is 0 Å². The van der Waals surface area contributed by atoms with Gasteiger partial charge in [-0.1, -0.05) is 39.0 Å². The summed E-state index contributed by atoms with van der Waals surface area (Å²) < 4.78 is 0. The summed E-state index contributed by atoms with van der Waals surface area (Å²) in [7, 11) is 0. The van der Waals surface area contributed by atoms with Crippen LogP contribution in [0.15, 0.2) is 9.82 Å². The topological polar surface area (TPSA) is 108 Å². The highest BCUT2D eigenvalue weighted by Gasteiger charge is 2.71. The average Bonchev–Trinajstić information content (AvgIpc) is 3.32. The summed E-state index contributed by atoms with van der Waals surface area (Å²) in [6.45, 7) is 7.73. The lowest BCUT2D eigenvalue weighted by Crippen LogP contribution is -2.49. The lowest BCUT2D eigenvalue weighted by molar-refractivity contribution is -0.157. The monoisotopic (exact) mass is 436 g/mol. The molecule has 2 saturated carbocycles. The van der Waals surface area contributed by atoms with Crippen LogP contribution in [0.2, 0.25) is 0 Å². The van der Waals surface area contributed by atoms with Gasteiger partial charge in [0, 0.05) is 15.5 Å². The fraction of sp³-hybridized carbons (Fsp3) is 0.700. The molecule has 0 spiro atoms. The molecule has 7 atom stereocenters. The van der Waals surface area contributed by atoms with Crippen LogP contribution in [0.5, 0.6) is 0 Å². The van der Waals surface area contributed by atoms with Crippen molar-refractivity contribution in [3.05, 3.63) is 14.5 Å². The zero-order valence-corrected chi connectivity index (χ0v) is 18.3. The summed E-state index contributed by atoms with van der Waals surface area (Å²) in [4.78, 5) is 55.4. The number of fused-ring (bicyclic) bond motifs is 9. The third-order valence-electron chi connectivity index (χ3n) is 7.59. The number of amides is 2. The molecule has 2 amide bonds. The van der Waals surface area contributed by atoms with Gasteiger partial charge in [-0.2, -0.15) is 0 Å². The molecule has 156 valence electrons. The van der Waals surface area contributed by atoms with E-state index in [0.29, 0.717) is 0 Å². The van der Waals surface area contributed by atoms with Crippen LogP contribution in [0.4, 0.5) is 0 Å². The Morgan fingerprint density at radius 3 is 2.38 bits per heavy atom. The maximum absolute atomic E-state index is 13.4. The minimum Gasteiger partial charge on any atom is -0.480 e. The van der Waals surface area contributed by atoms with E-state index in [-0.39, 0.29) is 51.0 Å². The number of aromatic nitrogens is 1. The van der Waals surface area contributed by atoms with Gasteiger partial charge in [0.05, 0.1) is 16.9 Å². The first kappa shape index (κ1) is 19.4. The first-order valence-corrected chi connectivity index (χ1v) is 11.7. The number of aliphatic carboxylic acids is 1. The van der Waals surface area contributed by atoms with E-state index in [4.69, 9.17) is 0 Å². The quantitative estimate of drug-likeness (QED) is 0.703. The van der Waals surface area contributed by atoms with Gasteiger partial charge >= 0.3 is 10.8 Å². The largest absolute Gasteiger partial charge is 0.480 e. The van der Waals surface area contributed by atoms with E-state index in [0.717, 1.165) is 21.2 Å². The molecular formula is C20H24N2O5S2. The zero-order chi connectivity index (χ0) is 21.0. The van der Waals surface area contributed by atoms with Crippen molar-refractivity contribution < 1.29 is 19.5 Å². The van der Waals surface area contributed by atoms with E-state index in [1.807, 2.05) is 0 Å². The molecule has 3 fully saturated rings. The number of carbonyl (C=O) groups is 3. The Morgan fingerprint density at radius 1 is 1.17 bits per heavy atom. The number of carbonyl (C=O) groups excluding carboxylic acids is 2. The van der Waals surface area contributed by atoms with Crippen molar-refractivity contribution in [1.82, 2.24) is 9.88 Å². The summed E-state index contributed by atoms with van der Waals surface area (Å²) in [6.07, 6.45) is 0.824. The number of nitrogens with one attached hydrogen (secondary N) is 1. The summed E-state index contributed by atoms with van der Waals surface area (Å²) in [6, 6.07) is -1.11. The molecule has 2 aliphatic carbocycles. The molecule has 2 bridgehead atoms. The third-order valence-corrected chi connectivity index (χ3v) is 10.4.